The number of fused-ring (bicyclic) bond motifs is 1. The molecule has 0 bridgehead atoms. The van der Waals surface area contributed by atoms with Crippen molar-refractivity contribution in [1.82, 2.24) is 5.16 Å². The number of hydrogen-bond acceptors (Lipinski definition) is 2. The lowest BCUT2D eigenvalue weighted by molar-refractivity contribution is -0.141. The largest absolute Gasteiger partial charge is 0.437 e. The maximum Gasteiger partial charge on any atom is 0.437 e. The van der Waals surface area contributed by atoms with Crippen molar-refractivity contribution in [2.75, 3.05) is 0 Å². The predicted molar refractivity (Wildman–Crippen MR) is 51.8 cm³/mol. The van der Waals surface area contributed by atoms with Gasteiger partial charge in [0.2, 0.25) is 0 Å². The van der Waals surface area contributed by atoms with E-state index in [0.717, 1.165) is 6.42 Å². The van der Waals surface area contributed by atoms with Crippen molar-refractivity contribution in [3.63, 3.8) is 0 Å². The van der Waals surface area contributed by atoms with E-state index in [1.54, 1.807) is 0 Å². The van der Waals surface area contributed by atoms with Crippen molar-refractivity contribution in [3.8, 4) is 0 Å². The zero-order valence-corrected chi connectivity index (χ0v) is 8.56. The van der Waals surface area contributed by atoms with Crippen molar-refractivity contribution in [1.29, 1.82) is 0 Å². The fourth-order valence-electron chi connectivity index (χ4n) is 1.60. The Bertz CT molecular complexity index is 501. The second-order valence-corrected chi connectivity index (χ2v) is 3.48. The zero-order valence-electron chi connectivity index (χ0n) is 8.56. The first kappa shape index (κ1) is 11.0. The van der Waals surface area contributed by atoms with Gasteiger partial charge in [-0.1, -0.05) is 24.6 Å². The molecule has 0 saturated carbocycles. The van der Waals surface area contributed by atoms with Crippen LogP contribution in [0.3, 0.4) is 0 Å². The van der Waals surface area contributed by atoms with Crippen LogP contribution in [0.1, 0.15) is 24.6 Å². The zero-order chi connectivity index (χ0) is 11.8. The number of aromatic nitrogens is 1. The molecule has 0 spiro atoms. The van der Waals surface area contributed by atoms with Crippen molar-refractivity contribution in [3.05, 3.63) is 29.5 Å². The lowest BCUT2D eigenvalue weighted by Gasteiger charge is -2.01. The smallest absolute Gasteiger partial charge is 0.355 e. The van der Waals surface area contributed by atoms with Crippen LogP contribution in [-0.2, 0) is 12.6 Å². The van der Waals surface area contributed by atoms with Gasteiger partial charge >= 0.3 is 6.18 Å². The summed E-state index contributed by atoms with van der Waals surface area (Å²) in [6, 6.07) is 5.68. The highest BCUT2D eigenvalue weighted by molar-refractivity contribution is 5.82. The standard InChI is InChI=1S/C11H9F3NO/c1-2-4-7-5-3-6-8-9(7)16-15-10(8)11(12,13)14/h3,6H,2,4H2,1H3. The highest BCUT2D eigenvalue weighted by atomic mass is 19.4. The molecular formula is C11H9F3NO. The van der Waals surface area contributed by atoms with E-state index in [4.69, 9.17) is 4.52 Å². The third kappa shape index (κ3) is 1.77. The molecule has 2 nitrogen and oxygen atoms in total. The summed E-state index contributed by atoms with van der Waals surface area (Å²) in [7, 11) is 0. The minimum atomic E-state index is -4.48. The molecular weight excluding hydrogens is 219 g/mol. The number of aryl methyl sites for hydroxylation is 1. The summed E-state index contributed by atoms with van der Waals surface area (Å²) in [6.45, 7) is 1.94. The van der Waals surface area contributed by atoms with Crippen LogP contribution in [0, 0.1) is 6.07 Å². The van der Waals surface area contributed by atoms with E-state index in [-0.39, 0.29) is 11.0 Å². The summed E-state index contributed by atoms with van der Waals surface area (Å²) in [6.07, 6.45) is -3.03. The molecule has 0 unspecified atom stereocenters. The molecule has 1 aromatic heterocycles. The Labute approximate surface area is 90.0 Å². The van der Waals surface area contributed by atoms with Crippen LogP contribution in [0.5, 0.6) is 0 Å². The van der Waals surface area contributed by atoms with Gasteiger partial charge in [-0.3, -0.25) is 0 Å². The SMILES string of the molecule is CCCc1[c]ccc2c(C(F)(F)F)noc12. The van der Waals surface area contributed by atoms with Gasteiger partial charge in [-0.05, 0) is 18.6 Å². The lowest BCUT2D eigenvalue weighted by Crippen LogP contribution is -2.05. The Morgan fingerprint density at radius 1 is 1.44 bits per heavy atom. The highest BCUT2D eigenvalue weighted by Gasteiger charge is 2.37. The maximum absolute atomic E-state index is 12.5. The molecule has 0 amide bonds. The first-order chi connectivity index (χ1) is 7.54. The van der Waals surface area contributed by atoms with Crippen LogP contribution >= 0.6 is 0 Å². The van der Waals surface area contributed by atoms with Crippen LogP contribution in [0.25, 0.3) is 11.0 Å². The maximum atomic E-state index is 12.5. The third-order valence-electron chi connectivity index (χ3n) is 2.28. The molecule has 0 aliphatic carbocycles. The molecule has 0 saturated heterocycles. The molecule has 85 valence electrons. The fourth-order valence-corrected chi connectivity index (χ4v) is 1.60. The van der Waals surface area contributed by atoms with E-state index in [9.17, 15) is 13.2 Å². The van der Waals surface area contributed by atoms with E-state index >= 15 is 0 Å². The van der Waals surface area contributed by atoms with Gasteiger partial charge in [-0.2, -0.15) is 13.2 Å². The van der Waals surface area contributed by atoms with Gasteiger partial charge in [0.1, 0.15) is 0 Å². The van der Waals surface area contributed by atoms with Gasteiger partial charge in [-0.15, -0.1) is 0 Å². The second-order valence-electron chi connectivity index (χ2n) is 3.48. The minimum Gasteiger partial charge on any atom is -0.355 e. The fraction of sp³-hybridized carbons (Fsp3) is 0.364. The number of hydrogen-bond donors (Lipinski definition) is 0. The quantitative estimate of drug-likeness (QED) is 0.784. The van der Waals surface area contributed by atoms with Crippen LogP contribution in [0.15, 0.2) is 16.7 Å². The van der Waals surface area contributed by atoms with E-state index in [2.05, 4.69) is 11.2 Å². The van der Waals surface area contributed by atoms with Crippen LogP contribution in [0.4, 0.5) is 13.2 Å². The average Bonchev–Trinajstić information content (AvgIpc) is 2.62. The first-order valence-electron chi connectivity index (χ1n) is 4.90. The Morgan fingerprint density at radius 2 is 2.19 bits per heavy atom. The van der Waals surface area contributed by atoms with Gasteiger partial charge in [0.05, 0.1) is 5.39 Å². The number of benzene rings is 1. The summed E-state index contributed by atoms with van der Waals surface area (Å²) in [5.74, 6) is 0. The first-order valence-corrected chi connectivity index (χ1v) is 4.90. The summed E-state index contributed by atoms with van der Waals surface area (Å²) in [5.41, 5.74) is -0.131. The molecule has 16 heavy (non-hydrogen) atoms. The number of nitrogens with zero attached hydrogens (tertiary/aromatic N) is 1. The van der Waals surface area contributed by atoms with Gasteiger partial charge in [0, 0.05) is 5.56 Å². The third-order valence-corrected chi connectivity index (χ3v) is 2.28. The summed E-state index contributed by atoms with van der Waals surface area (Å²) >= 11 is 0. The number of rotatable bonds is 2. The summed E-state index contributed by atoms with van der Waals surface area (Å²) in [5, 5.41) is 3.10. The van der Waals surface area contributed by atoms with Gasteiger partial charge in [0.15, 0.2) is 11.3 Å². The topological polar surface area (TPSA) is 26.0 Å². The average molecular weight is 228 g/mol. The van der Waals surface area contributed by atoms with E-state index in [0.29, 0.717) is 12.0 Å². The van der Waals surface area contributed by atoms with Crippen molar-refractivity contribution in [2.45, 2.75) is 25.9 Å². The number of halogens is 3. The molecule has 2 rings (SSSR count). The normalized spacial score (nSPS) is 12.2. The van der Waals surface area contributed by atoms with E-state index < -0.39 is 11.9 Å². The monoisotopic (exact) mass is 228 g/mol. The Morgan fingerprint density at radius 3 is 2.81 bits per heavy atom. The van der Waals surface area contributed by atoms with Crippen molar-refractivity contribution < 1.29 is 17.7 Å². The van der Waals surface area contributed by atoms with Crippen LogP contribution < -0.4 is 0 Å². The molecule has 0 fully saturated rings. The van der Waals surface area contributed by atoms with E-state index in [1.165, 1.54) is 12.1 Å². The van der Waals surface area contributed by atoms with Crippen LogP contribution in [-0.4, -0.2) is 5.16 Å². The number of alkyl halides is 3. The molecule has 0 aliphatic heterocycles. The van der Waals surface area contributed by atoms with Gasteiger partial charge < -0.3 is 4.52 Å². The van der Waals surface area contributed by atoms with Crippen molar-refractivity contribution in [2.24, 2.45) is 0 Å². The van der Waals surface area contributed by atoms with Crippen LogP contribution in [0.2, 0.25) is 0 Å². The molecule has 2 aromatic rings. The molecule has 0 N–H and O–H groups in total. The molecule has 1 heterocycles. The molecule has 0 atom stereocenters. The Hall–Kier alpha value is -1.52. The van der Waals surface area contributed by atoms with E-state index in [1.807, 2.05) is 6.92 Å². The molecule has 5 heteroatoms. The second kappa shape index (κ2) is 3.81. The molecule has 1 radical (unpaired) electrons. The summed E-state index contributed by atoms with van der Waals surface area (Å²) in [4.78, 5) is 0. The minimum absolute atomic E-state index is 0.00898. The van der Waals surface area contributed by atoms with Gasteiger partial charge in [0.25, 0.3) is 0 Å². The predicted octanol–water partition coefficient (Wildman–Crippen LogP) is 3.60. The molecule has 1 aromatic carbocycles. The lowest BCUT2D eigenvalue weighted by atomic mass is 10.1. The highest BCUT2D eigenvalue weighted by Crippen LogP contribution is 2.34. The summed E-state index contributed by atoms with van der Waals surface area (Å²) < 4.78 is 42.4. The van der Waals surface area contributed by atoms with Crippen molar-refractivity contribution >= 4 is 11.0 Å². The van der Waals surface area contributed by atoms with Gasteiger partial charge in [-0.25, -0.2) is 0 Å². The Kier molecular flexibility index (Phi) is 2.61. The Balaban J connectivity index is 2.62. The molecule has 0 aliphatic rings.